The highest BCUT2D eigenvalue weighted by Crippen LogP contribution is 2.20. The summed E-state index contributed by atoms with van der Waals surface area (Å²) in [4.78, 5) is 25.6. The number of oxazole rings is 1. The number of H-pyrrole nitrogens is 1. The molecule has 0 bridgehead atoms. The van der Waals surface area contributed by atoms with Crippen LogP contribution in [0.5, 0.6) is 5.75 Å². The average molecular weight is 270 g/mol. The van der Waals surface area contributed by atoms with E-state index >= 15 is 0 Å². The molecule has 0 aliphatic heterocycles. The maximum Gasteiger partial charge on any atom is 0.417 e. The molecule has 0 saturated carbocycles. The number of carbonyl (C=O) groups excluding carboxylic acids is 1. The van der Waals surface area contributed by atoms with Gasteiger partial charge in [0, 0.05) is 5.69 Å². The van der Waals surface area contributed by atoms with Crippen molar-refractivity contribution in [2.45, 2.75) is 0 Å². The van der Waals surface area contributed by atoms with Crippen LogP contribution in [0.25, 0.3) is 11.1 Å². The number of amides is 1. The van der Waals surface area contributed by atoms with Gasteiger partial charge in [-0.15, -0.1) is 0 Å². The van der Waals surface area contributed by atoms with Crippen LogP contribution in [0.4, 0.5) is 5.69 Å². The number of rotatable bonds is 2. The molecule has 0 radical (unpaired) electrons. The zero-order valence-electron chi connectivity index (χ0n) is 10.2. The smallest absolute Gasteiger partial charge is 0.417 e. The topological polar surface area (TPSA) is 95.3 Å². The zero-order chi connectivity index (χ0) is 14.1. The van der Waals surface area contributed by atoms with E-state index in [0.29, 0.717) is 16.8 Å². The second-order valence-electron chi connectivity index (χ2n) is 4.20. The number of hydrogen-bond acceptors (Lipinski definition) is 4. The van der Waals surface area contributed by atoms with Gasteiger partial charge in [0.05, 0.1) is 11.1 Å². The number of anilines is 1. The lowest BCUT2D eigenvalue weighted by Crippen LogP contribution is -2.11. The zero-order valence-corrected chi connectivity index (χ0v) is 10.2. The first-order chi connectivity index (χ1) is 9.63. The molecule has 1 aromatic heterocycles. The SMILES string of the molecule is O=C(Nc1ccc2oc(=O)[nH]c2c1)c1ccccc1O. The van der Waals surface area contributed by atoms with Crippen molar-refractivity contribution >= 4 is 22.7 Å². The van der Waals surface area contributed by atoms with E-state index in [0.717, 1.165) is 0 Å². The van der Waals surface area contributed by atoms with Gasteiger partial charge in [0.2, 0.25) is 0 Å². The molecular formula is C14H10N2O4. The fraction of sp³-hybridized carbons (Fsp3) is 0. The van der Waals surface area contributed by atoms with Crippen LogP contribution in [0, 0.1) is 0 Å². The molecule has 0 atom stereocenters. The summed E-state index contributed by atoms with van der Waals surface area (Å²) >= 11 is 0. The van der Waals surface area contributed by atoms with Gasteiger partial charge in [-0.3, -0.25) is 9.78 Å². The molecule has 3 N–H and O–H groups in total. The Labute approximate surface area is 112 Å². The molecule has 1 amide bonds. The van der Waals surface area contributed by atoms with Crippen LogP contribution in [0.15, 0.2) is 51.7 Å². The van der Waals surface area contributed by atoms with Gasteiger partial charge in [0.25, 0.3) is 5.91 Å². The van der Waals surface area contributed by atoms with Crippen LogP contribution in [-0.4, -0.2) is 16.0 Å². The van der Waals surface area contributed by atoms with Gasteiger partial charge in [0.1, 0.15) is 5.75 Å². The molecule has 0 aliphatic carbocycles. The van der Waals surface area contributed by atoms with Gasteiger partial charge in [-0.2, -0.15) is 0 Å². The summed E-state index contributed by atoms with van der Waals surface area (Å²) in [5.41, 5.74) is 1.57. The third kappa shape index (κ3) is 2.14. The molecule has 0 aliphatic rings. The Morgan fingerprint density at radius 1 is 1.20 bits per heavy atom. The van der Waals surface area contributed by atoms with E-state index in [1.54, 1.807) is 30.3 Å². The van der Waals surface area contributed by atoms with E-state index in [1.807, 2.05) is 0 Å². The minimum atomic E-state index is -0.552. The summed E-state index contributed by atoms with van der Waals surface area (Å²) in [5.74, 6) is -1.08. The Morgan fingerprint density at radius 2 is 2.00 bits per heavy atom. The number of benzene rings is 2. The highest BCUT2D eigenvalue weighted by Gasteiger charge is 2.11. The summed E-state index contributed by atoms with van der Waals surface area (Å²) in [7, 11) is 0. The molecule has 6 heteroatoms. The number of phenols is 1. The molecule has 0 spiro atoms. The molecule has 0 saturated heterocycles. The molecule has 0 fully saturated rings. The fourth-order valence-electron chi connectivity index (χ4n) is 1.89. The van der Waals surface area contributed by atoms with Gasteiger partial charge in [-0.25, -0.2) is 4.79 Å². The van der Waals surface area contributed by atoms with E-state index < -0.39 is 11.7 Å². The molecule has 1 heterocycles. The molecule has 3 aromatic rings. The second-order valence-corrected chi connectivity index (χ2v) is 4.20. The van der Waals surface area contributed by atoms with Gasteiger partial charge >= 0.3 is 5.76 Å². The van der Waals surface area contributed by atoms with Crippen LogP contribution in [0.1, 0.15) is 10.4 Å². The van der Waals surface area contributed by atoms with Crippen molar-refractivity contribution < 1.29 is 14.3 Å². The van der Waals surface area contributed by atoms with Gasteiger partial charge in [-0.05, 0) is 30.3 Å². The number of carbonyl (C=O) groups is 1. The Hall–Kier alpha value is -3.02. The quantitative estimate of drug-likeness (QED) is 0.664. The van der Waals surface area contributed by atoms with E-state index in [2.05, 4.69) is 10.3 Å². The minimum Gasteiger partial charge on any atom is -0.507 e. The van der Waals surface area contributed by atoms with E-state index in [4.69, 9.17) is 4.42 Å². The molecule has 2 aromatic carbocycles. The first kappa shape index (κ1) is 12.0. The molecule has 6 nitrogen and oxygen atoms in total. The van der Waals surface area contributed by atoms with Gasteiger partial charge in [-0.1, -0.05) is 12.1 Å². The largest absolute Gasteiger partial charge is 0.507 e. The predicted molar refractivity (Wildman–Crippen MR) is 72.9 cm³/mol. The Kier molecular flexibility index (Phi) is 2.76. The van der Waals surface area contributed by atoms with Crippen molar-refractivity contribution in [1.29, 1.82) is 0 Å². The number of aromatic hydroxyl groups is 1. The van der Waals surface area contributed by atoms with Crippen molar-refractivity contribution in [3.8, 4) is 5.75 Å². The number of hydrogen-bond donors (Lipinski definition) is 3. The standard InChI is InChI=1S/C14H10N2O4/c17-11-4-2-1-3-9(11)13(18)15-8-5-6-12-10(7-8)16-14(19)20-12/h1-7,17H,(H,15,18)(H,16,19). The first-order valence-corrected chi connectivity index (χ1v) is 5.86. The molecule has 20 heavy (non-hydrogen) atoms. The number of aromatic nitrogens is 1. The van der Waals surface area contributed by atoms with Crippen LogP contribution < -0.4 is 11.1 Å². The monoisotopic (exact) mass is 270 g/mol. The van der Waals surface area contributed by atoms with Gasteiger partial charge in [0.15, 0.2) is 5.58 Å². The van der Waals surface area contributed by atoms with Crippen molar-refractivity contribution in [1.82, 2.24) is 4.98 Å². The normalized spacial score (nSPS) is 10.6. The minimum absolute atomic E-state index is 0.0946. The predicted octanol–water partition coefficient (Wildman–Crippen LogP) is 2.08. The fourth-order valence-corrected chi connectivity index (χ4v) is 1.89. The molecular weight excluding hydrogens is 260 g/mol. The third-order valence-corrected chi connectivity index (χ3v) is 2.83. The summed E-state index contributed by atoms with van der Waals surface area (Å²) in [6.45, 7) is 0. The average Bonchev–Trinajstić information content (AvgIpc) is 2.78. The maximum absolute atomic E-state index is 12.0. The van der Waals surface area contributed by atoms with Gasteiger partial charge < -0.3 is 14.8 Å². The lowest BCUT2D eigenvalue weighted by molar-refractivity contribution is 0.102. The Bertz CT molecular complexity index is 848. The number of para-hydroxylation sites is 1. The molecule has 3 rings (SSSR count). The molecule has 100 valence electrons. The van der Waals surface area contributed by atoms with Crippen molar-refractivity contribution in [2.75, 3.05) is 5.32 Å². The van der Waals surface area contributed by atoms with E-state index in [9.17, 15) is 14.7 Å². The maximum atomic E-state index is 12.0. The van der Waals surface area contributed by atoms with Crippen molar-refractivity contribution in [3.63, 3.8) is 0 Å². The Balaban J connectivity index is 1.91. The van der Waals surface area contributed by atoms with Crippen LogP contribution in [0.3, 0.4) is 0 Å². The lowest BCUT2D eigenvalue weighted by atomic mass is 10.2. The van der Waals surface area contributed by atoms with E-state index in [-0.39, 0.29) is 11.3 Å². The lowest BCUT2D eigenvalue weighted by Gasteiger charge is -2.06. The first-order valence-electron chi connectivity index (χ1n) is 5.86. The summed E-state index contributed by atoms with van der Waals surface area (Å²) in [6.07, 6.45) is 0. The second kappa shape index (κ2) is 4.58. The van der Waals surface area contributed by atoms with Crippen LogP contribution in [-0.2, 0) is 0 Å². The highest BCUT2D eigenvalue weighted by molar-refractivity contribution is 6.06. The number of phenolic OH excluding ortho intramolecular Hbond substituents is 1. The summed E-state index contributed by atoms with van der Waals surface area (Å²) < 4.78 is 4.87. The number of fused-ring (bicyclic) bond motifs is 1. The van der Waals surface area contributed by atoms with Crippen molar-refractivity contribution in [3.05, 3.63) is 58.6 Å². The summed E-state index contributed by atoms with van der Waals surface area (Å²) in [5, 5.41) is 12.2. The number of aromatic amines is 1. The van der Waals surface area contributed by atoms with Crippen LogP contribution in [0.2, 0.25) is 0 Å². The third-order valence-electron chi connectivity index (χ3n) is 2.83. The summed E-state index contributed by atoms with van der Waals surface area (Å²) in [6, 6.07) is 11.0. The Morgan fingerprint density at radius 3 is 2.80 bits per heavy atom. The number of nitrogens with one attached hydrogen (secondary N) is 2. The van der Waals surface area contributed by atoms with Crippen molar-refractivity contribution in [2.24, 2.45) is 0 Å². The van der Waals surface area contributed by atoms with E-state index in [1.165, 1.54) is 12.1 Å². The highest BCUT2D eigenvalue weighted by atomic mass is 16.4. The van der Waals surface area contributed by atoms with Crippen LogP contribution >= 0.6 is 0 Å². The molecule has 0 unspecified atom stereocenters.